The smallest absolute Gasteiger partial charge is 0.418 e. The van der Waals surface area contributed by atoms with Crippen molar-refractivity contribution in [3.05, 3.63) is 67.1 Å². The van der Waals surface area contributed by atoms with Crippen LogP contribution in [-0.4, -0.2) is 23.0 Å². The number of ether oxygens (including phenoxy) is 2. The molecule has 2 aliphatic heterocycles. The number of carbonyl (C=O) groups excluding carboxylic acids is 1. The summed E-state index contributed by atoms with van der Waals surface area (Å²) in [7, 11) is 1.49. The van der Waals surface area contributed by atoms with Crippen LogP contribution in [0.3, 0.4) is 0 Å². The quantitative estimate of drug-likeness (QED) is 0.476. The number of amides is 1. The number of rotatable bonds is 1. The Bertz CT molecular complexity index is 1010. The number of hydrogen-bond donors (Lipinski definition) is 0. The maximum Gasteiger partial charge on any atom is 0.418 e. The van der Waals surface area contributed by atoms with Gasteiger partial charge in [0.1, 0.15) is 5.75 Å². The fourth-order valence-corrected chi connectivity index (χ4v) is 3.67. The van der Waals surface area contributed by atoms with Gasteiger partial charge < -0.3 is 9.47 Å². The molecule has 1 spiro atoms. The van der Waals surface area contributed by atoms with Crippen LogP contribution in [0.2, 0.25) is 5.02 Å². The first kappa shape index (κ1) is 16.9. The zero-order valence-corrected chi connectivity index (χ0v) is 15.6. The highest BCUT2D eigenvalue weighted by atomic mass is 79.9. The van der Waals surface area contributed by atoms with Crippen LogP contribution in [0.1, 0.15) is 11.1 Å². The maximum absolute atomic E-state index is 12.3. The molecule has 1 atom stereocenters. The largest absolute Gasteiger partial charge is 0.452 e. The average Bonchev–Trinajstić information content (AvgIpc) is 2.60. The summed E-state index contributed by atoms with van der Waals surface area (Å²) in [6.07, 6.45) is 2.69. The first-order chi connectivity index (χ1) is 12.3. The van der Waals surface area contributed by atoms with Gasteiger partial charge in [-0.3, -0.25) is 15.0 Å². The van der Waals surface area contributed by atoms with Crippen molar-refractivity contribution in [2.75, 3.05) is 7.05 Å². The van der Waals surface area contributed by atoms with Gasteiger partial charge in [0.05, 0.1) is 10.5 Å². The Hall–Kier alpha value is -2.58. The number of benzene rings is 2. The molecule has 2 aliphatic rings. The van der Waals surface area contributed by atoms with Crippen molar-refractivity contribution in [1.29, 1.82) is 0 Å². The number of carbonyl (C=O) groups is 1. The van der Waals surface area contributed by atoms with Crippen LogP contribution >= 0.6 is 27.5 Å². The van der Waals surface area contributed by atoms with Crippen LogP contribution in [0.15, 0.2) is 40.9 Å². The molecule has 7 nitrogen and oxygen atoms in total. The highest BCUT2D eigenvalue weighted by Crippen LogP contribution is 2.49. The second kappa shape index (κ2) is 5.72. The van der Waals surface area contributed by atoms with Gasteiger partial charge in [-0.05, 0) is 36.4 Å². The number of nitrogens with zero attached hydrogens (tertiary/aromatic N) is 2. The van der Waals surface area contributed by atoms with Crippen molar-refractivity contribution in [3.63, 3.8) is 0 Å². The number of fused-ring (bicyclic) bond motifs is 3. The summed E-state index contributed by atoms with van der Waals surface area (Å²) in [5.41, 5.74) is -0.617. The lowest BCUT2D eigenvalue weighted by molar-refractivity contribution is -0.386. The van der Waals surface area contributed by atoms with E-state index in [1.54, 1.807) is 36.4 Å². The lowest BCUT2D eigenvalue weighted by Gasteiger charge is -2.44. The second-order valence-electron chi connectivity index (χ2n) is 5.80. The number of nitro benzene ring substituents is 1. The summed E-state index contributed by atoms with van der Waals surface area (Å²) >= 11 is 9.37. The zero-order chi connectivity index (χ0) is 18.6. The van der Waals surface area contributed by atoms with Crippen molar-refractivity contribution in [2.45, 2.75) is 5.72 Å². The van der Waals surface area contributed by atoms with Crippen LogP contribution < -0.4 is 9.47 Å². The van der Waals surface area contributed by atoms with E-state index in [2.05, 4.69) is 15.9 Å². The van der Waals surface area contributed by atoms with Gasteiger partial charge in [0.2, 0.25) is 11.5 Å². The Kier molecular flexibility index (Phi) is 3.71. The molecule has 9 heteroatoms. The van der Waals surface area contributed by atoms with Gasteiger partial charge in [0.25, 0.3) is 0 Å². The van der Waals surface area contributed by atoms with Crippen LogP contribution in [0.5, 0.6) is 11.5 Å². The van der Waals surface area contributed by atoms with Gasteiger partial charge in [0.15, 0.2) is 0 Å². The summed E-state index contributed by atoms with van der Waals surface area (Å²) in [5, 5.41) is 11.9. The molecule has 0 aromatic heterocycles. The van der Waals surface area contributed by atoms with Gasteiger partial charge in [-0.15, -0.1) is 0 Å². The van der Waals surface area contributed by atoms with Crippen molar-refractivity contribution >= 4 is 45.4 Å². The van der Waals surface area contributed by atoms with E-state index in [1.165, 1.54) is 18.0 Å². The molecular formula is C17H10BrClN2O5. The third kappa shape index (κ3) is 2.37. The molecule has 2 aromatic carbocycles. The highest BCUT2D eigenvalue weighted by molar-refractivity contribution is 9.10. The van der Waals surface area contributed by atoms with Gasteiger partial charge in [-0.1, -0.05) is 27.5 Å². The molecule has 132 valence electrons. The van der Waals surface area contributed by atoms with Gasteiger partial charge in [0, 0.05) is 28.2 Å². The minimum Gasteiger partial charge on any atom is -0.452 e. The molecule has 0 fully saturated rings. The van der Waals surface area contributed by atoms with Gasteiger partial charge in [-0.25, -0.2) is 4.79 Å². The number of hydrogen-bond acceptors (Lipinski definition) is 5. The van der Waals surface area contributed by atoms with E-state index >= 15 is 0 Å². The van der Waals surface area contributed by atoms with E-state index in [1.807, 2.05) is 0 Å². The molecule has 0 saturated heterocycles. The second-order valence-corrected chi connectivity index (χ2v) is 7.15. The Balaban J connectivity index is 1.97. The monoisotopic (exact) mass is 436 g/mol. The van der Waals surface area contributed by atoms with E-state index in [0.717, 1.165) is 0 Å². The van der Waals surface area contributed by atoms with Crippen LogP contribution in [0.25, 0.3) is 6.08 Å². The van der Waals surface area contributed by atoms with Crippen molar-refractivity contribution in [2.24, 2.45) is 0 Å². The fraction of sp³-hybridized carbons (Fsp3) is 0.118. The summed E-state index contributed by atoms with van der Waals surface area (Å²) in [4.78, 5) is 24.5. The predicted molar refractivity (Wildman–Crippen MR) is 97.4 cm³/mol. The molecule has 1 amide bonds. The minimum atomic E-state index is -1.40. The van der Waals surface area contributed by atoms with Crippen LogP contribution in [0.4, 0.5) is 10.5 Å². The van der Waals surface area contributed by atoms with E-state index in [4.69, 9.17) is 21.1 Å². The fourth-order valence-electron chi connectivity index (χ4n) is 3.04. The summed E-state index contributed by atoms with van der Waals surface area (Å²) in [6, 6.07) is 7.82. The van der Waals surface area contributed by atoms with E-state index in [-0.39, 0.29) is 17.2 Å². The maximum atomic E-state index is 12.3. The third-order valence-electron chi connectivity index (χ3n) is 4.30. The standard InChI is InChI=1S/C17H10BrClN2O5/c1-20-16(22)25-14-3-2-11(19)8-12(14)17(20)5-4-9-6-10(18)7-13(21(23)24)15(9)26-17/h2-8H,1H3. The normalized spacial score (nSPS) is 20.3. The molecule has 4 rings (SSSR count). The summed E-state index contributed by atoms with van der Waals surface area (Å²) in [6.45, 7) is 0. The minimum absolute atomic E-state index is 0.0631. The van der Waals surface area contributed by atoms with Crippen molar-refractivity contribution in [1.82, 2.24) is 4.90 Å². The van der Waals surface area contributed by atoms with E-state index in [9.17, 15) is 14.9 Å². The van der Waals surface area contributed by atoms with Gasteiger partial charge in [-0.2, -0.15) is 0 Å². The summed E-state index contributed by atoms with van der Waals surface area (Å²) in [5.74, 6) is 0.346. The molecule has 1 unspecified atom stereocenters. The molecule has 0 bridgehead atoms. The van der Waals surface area contributed by atoms with Gasteiger partial charge >= 0.3 is 11.8 Å². The Morgan fingerprint density at radius 1 is 1.31 bits per heavy atom. The molecule has 2 aromatic rings. The zero-order valence-electron chi connectivity index (χ0n) is 13.2. The molecule has 0 N–H and O–H groups in total. The number of nitro groups is 1. The molecular weight excluding hydrogens is 428 g/mol. The molecule has 2 heterocycles. The topological polar surface area (TPSA) is 81.9 Å². The first-order valence-electron chi connectivity index (χ1n) is 7.44. The molecule has 26 heavy (non-hydrogen) atoms. The van der Waals surface area contributed by atoms with Crippen LogP contribution in [0, 0.1) is 10.1 Å². The number of likely N-dealkylation sites (N-methyl/N-ethyl adjacent to an activating group) is 1. The SMILES string of the molecule is CN1C(=O)Oc2ccc(Cl)cc2C12C=Cc1cc(Br)cc([N+](=O)[O-])c1O2. The molecule has 0 aliphatic carbocycles. The highest BCUT2D eigenvalue weighted by Gasteiger charge is 2.49. The average molecular weight is 438 g/mol. The van der Waals surface area contributed by atoms with Crippen molar-refractivity contribution in [3.8, 4) is 11.5 Å². The predicted octanol–water partition coefficient (Wildman–Crippen LogP) is 4.71. The van der Waals surface area contributed by atoms with E-state index < -0.39 is 16.7 Å². The lowest BCUT2D eigenvalue weighted by atomic mass is 9.94. The van der Waals surface area contributed by atoms with E-state index in [0.29, 0.717) is 20.6 Å². The lowest BCUT2D eigenvalue weighted by Crippen LogP contribution is -2.54. The summed E-state index contributed by atoms with van der Waals surface area (Å²) < 4.78 is 11.9. The Morgan fingerprint density at radius 3 is 2.81 bits per heavy atom. The van der Waals surface area contributed by atoms with Crippen molar-refractivity contribution < 1.29 is 19.2 Å². The Morgan fingerprint density at radius 2 is 2.08 bits per heavy atom. The Labute approximate surface area is 161 Å². The number of halogens is 2. The molecule has 0 saturated carbocycles. The van der Waals surface area contributed by atoms with Crippen LogP contribution in [-0.2, 0) is 5.72 Å². The third-order valence-corrected chi connectivity index (χ3v) is 5.00. The molecule has 0 radical (unpaired) electrons. The first-order valence-corrected chi connectivity index (χ1v) is 8.61.